The molecule has 0 aliphatic heterocycles. The molecule has 0 bridgehead atoms. The highest BCUT2D eigenvalue weighted by molar-refractivity contribution is 5.77. The monoisotopic (exact) mass is 421 g/mol. The lowest BCUT2D eigenvalue weighted by molar-refractivity contribution is -0.123. The summed E-state index contributed by atoms with van der Waals surface area (Å²) in [5.41, 5.74) is 4.88. The third-order valence-corrected chi connectivity index (χ3v) is 4.65. The average Bonchev–Trinajstić information content (AvgIpc) is 2.76. The van der Waals surface area contributed by atoms with Crippen molar-refractivity contribution in [1.29, 1.82) is 0 Å². The zero-order valence-electron chi connectivity index (χ0n) is 18.3. The molecule has 1 N–H and O–H groups in total. The Morgan fingerprint density at radius 2 is 1.65 bits per heavy atom. The fourth-order valence-corrected chi connectivity index (χ4v) is 3.24. The molecule has 3 rings (SSSR count). The van der Waals surface area contributed by atoms with E-state index in [9.17, 15) is 4.79 Å². The summed E-state index contributed by atoms with van der Waals surface area (Å²) in [5, 5.41) is 11.0. The van der Waals surface area contributed by atoms with E-state index in [4.69, 9.17) is 14.2 Å². The molecule has 1 amide bonds. The van der Waals surface area contributed by atoms with Gasteiger partial charge in [0, 0.05) is 11.6 Å². The number of aryl methyl sites for hydroxylation is 3. The van der Waals surface area contributed by atoms with Gasteiger partial charge in [-0.3, -0.25) is 4.79 Å². The molecule has 0 saturated heterocycles. The van der Waals surface area contributed by atoms with Crippen LogP contribution in [0.2, 0.25) is 0 Å². The van der Waals surface area contributed by atoms with Crippen LogP contribution in [0.3, 0.4) is 0 Å². The van der Waals surface area contributed by atoms with Gasteiger partial charge in [0.2, 0.25) is 5.88 Å². The Kier molecular flexibility index (Phi) is 7.43. The largest absolute Gasteiger partial charge is 0.497 e. The maximum absolute atomic E-state index is 12.0. The van der Waals surface area contributed by atoms with E-state index in [2.05, 4.69) is 15.5 Å². The van der Waals surface area contributed by atoms with E-state index in [0.29, 0.717) is 12.4 Å². The Labute approximate surface area is 182 Å². The Balaban J connectivity index is 1.40. The molecule has 0 spiro atoms. The fourth-order valence-electron chi connectivity index (χ4n) is 3.24. The van der Waals surface area contributed by atoms with E-state index >= 15 is 0 Å². The van der Waals surface area contributed by atoms with Crippen LogP contribution < -0.4 is 19.5 Å². The van der Waals surface area contributed by atoms with Gasteiger partial charge in [0.1, 0.15) is 18.1 Å². The van der Waals surface area contributed by atoms with Gasteiger partial charge in [0.25, 0.3) is 5.91 Å². The smallest absolute Gasteiger partial charge is 0.258 e. The topological polar surface area (TPSA) is 82.6 Å². The van der Waals surface area contributed by atoms with Crippen molar-refractivity contribution in [1.82, 2.24) is 15.5 Å². The molecule has 1 heterocycles. The number of ether oxygens (including phenoxy) is 3. The number of hydrogen-bond acceptors (Lipinski definition) is 6. The second-order valence-electron chi connectivity index (χ2n) is 7.20. The summed E-state index contributed by atoms with van der Waals surface area (Å²) in [6, 6.07) is 15.2. The Morgan fingerprint density at radius 3 is 2.26 bits per heavy atom. The first-order chi connectivity index (χ1) is 15.0. The summed E-state index contributed by atoms with van der Waals surface area (Å²) in [5.74, 6) is 1.73. The van der Waals surface area contributed by atoms with E-state index in [1.165, 1.54) is 5.56 Å². The number of nitrogens with zero attached hydrogens (tertiary/aromatic N) is 2. The molecule has 7 nitrogen and oxygen atoms in total. The highest BCUT2D eigenvalue weighted by Gasteiger charge is 2.08. The van der Waals surface area contributed by atoms with Crippen molar-refractivity contribution < 1.29 is 19.0 Å². The van der Waals surface area contributed by atoms with Crippen molar-refractivity contribution >= 4 is 5.91 Å². The standard InChI is InChI=1S/C24H27N3O4/c1-16-13-17(2)24(18(3)14-16)31-15-22(28)25-11-12-30-23-10-9-21(26-27-23)19-5-7-20(29-4)8-6-19/h5-10,13-14H,11-12,15H2,1-4H3,(H,25,28). The van der Waals surface area contributed by atoms with Gasteiger partial charge in [0.15, 0.2) is 6.61 Å². The normalized spacial score (nSPS) is 10.5. The van der Waals surface area contributed by atoms with Crippen molar-refractivity contribution in [2.45, 2.75) is 20.8 Å². The third kappa shape index (κ3) is 6.18. The number of carbonyl (C=O) groups excluding carboxylic acids is 1. The van der Waals surface area contributed by atoms with Crippen LogP contribution >= 0.6 is 0 Å². The zero-order chi connectivity index (χ0) is 22.2. The minimum Gasteiger partial charge on any atom is -0.497 e. The highest BCUT2D eigenvalue weighted by Crippen LogP contribution is 2.24. The lowest BCUT2D eigenvalue weighted by atomic mass is 10.1. The van der Waals surface area contributed by atoms with Crippen molar-refractivity contribution in [3.8, 4) is 28.6 Å². The molecule has 3 aromatic rings. The maximum Gasteiger partial charge on any atom is 0.258 e. The molecule has 0 unspecified atom stereocenters. The third-order valence-electron chi connectivity index (χ3n) is 4.65. The van der Waals surface area contributed by atoms with Gasteiger partial charge < -0.3 is 19.5 Å². The van der Waals surface area contributed by atoms with Crippen LogP contribution in [0.25, 0.3) is 11.3 Å². The van der Waals surface area contributed by atoms with Gasteiger partial charge in [-0.25, -0.2) is 0 Å². The maximum atomic E-state index is 12.0. The lowest BCUT2D eigenvalue weighted by Gasteiger charge is -2.13. The van der Waals surface area contributed by atoms with Crippen molar-refractivity contribution in [2.24, 2.45) is 0 Å². The summed E-state index contributed by atoms with van der Waals surface area (Å²) in [4.78, 5) is 12.0. The zero-order valence-corrected chi connectivity index (χ0v) is 18.3. The second-order valence-corrected chi connectivity index (χ2v) is 7.20. The van der Waals surface area contributed by atoms with Gasteiger partial charge in [-0.1, -0.05) is 17.7 Å². The summed E-state index contributed by atoms with van der Waals surface area (Å²) in [6.07, 6.45) is 0. The molecule has 1 aromatic heterocycles. The summed E-state index contributed by atoms with van der Waals surface area (Å²) < 4.78 is 16.4. The van der Waals surface area contributed by atoms with Gasteiger partial charge in [-0.05, 0) is 62.2 Å². The van der Waals surface area contributed by atoms with Gasteiger partial charge in [-0.2, -0.15) is 0 Å². The van der Waals surface area contributed by atoms with E-state index in [1.54, 1.807) is 13.2 Å². The van der Waals surface area contributed by atoms with E-state index in [0.717, 1.165) is 33.9 Å². The Hall–Kier alpha value is -3.61. The predicted molar refractivity (Wildman–Crippen MR) is 119 cm³/mol. The van der Waals surface area contributed by atoms with Crippen molar-refractivity contribution in [3.63, 3.8) is 0 Å². The number of hydrogen-bond donors (Lipinski definition) is 1. The number of methoxy groups -OCH3 is 1. The van der Waals surface area contributed by atoms with Crippen molar-refractivity contribution in [2.75, 3.05) is 26.9 Å². The van der Waals surface area contributed by atoms with E-state index in [1.807, 2.05) is 63.2 Å². The first-order valence-corrected chi connectivity index (χ1v) is 10.0. The second kappa shape index (κ2) is 10.4. The van der Waals surface area contributed by atoms with Crippen LogP contribution in [0, 0.1) is 20.8 Å². The van der Waals surface area contributed by atoms with Crippen LogP contribution in [0.5, 0.6) is 17.4 Å². The molecule has 0 fully saturated rings. The quantitative estimate of drug-likeness (QED) is 0.531. The first kappa shape index (κ1) is 22.1. The van der Waals surface area contributed by atoms with E-state index < -0.39 is 0 Å². The molecule has 2 aromatic carbocycles. The molecule has 0 aliphatic carbocycles. The van der Waals surface area contributed by atoms with Gasteiger partial charge in [0.05, 0.1) is 19.3 Å². The number of rotatable bonds is 9. The molecule has 31 heavy (non-hydrogen) atoms. The first-order valence-electron chi connectivity index (χ1n) is 10.0. The molecular formula is C24H27N3O4. The van der Waals surface area contributed by atoms with Crippen molar-refractivity contribution in [3.05, 3.63) is 65.2 Å². The molecule has 0 saturated carbocycles. The SMILES string of the molecule is COc1ccc(-c2ccc(OCCNC(=O)COc3c(C)cc(C)cc3C)nn2)cc1. The highest BCUT2D eigenvalue weighted by atomic mass is 16.5. The Morgan fingerprint density at radius 1 is 0.935 bits per heavy atom. The number of nitrogens with one attached hydrogen (secondary N) is 1. The predicted octanol–water partition coefficient (Wildman–Crippen LogP) is 3.65. The van der Waals surface area contributed by atoms with Crippen LogP contribution in [-0.2, 0) is 4.79 Å². The van der Waals surface area contributed by atoms with Gasteiger partial charge >= 0.3 is 0 Å². The molecule has 162 valence electrons. The Bertz CT molecular complexity index is 995. The average molecular weight is 421 g/mol. The molecule has 0 radical (unpaired) electrons. The number of amides is 1. The summed E-state index contributed by atoms with van der Waals surface area (Å²) in [7, 11) is 1.63. The number of benzene rings is 2. The molecule has 0 atom stereocenters. The minimum absolute atomic E-state index is 0.0406. The molecule has 7 heteroatoms. The van der Waals surface area contributed by atoms with Gasteiger partial charge in [-0.15, -0.1) is 10.2 Å². The number of aromatic nitrogens is 2. The summed E-state index contributed by atoms with van der Waals surface area (Å²) in [6.45, 7) is 6.57. The summed E-state index contributed by atoms with van der Waals surface area (Å²) >= 11 is 0. The fraction of sp³-hybridized carbons (Fsp3) is 0.292. The minimum atomic E-state index is -0.205. The lowest BCUT2D eigenvalue weighted by Crippen LogP contribution is -2.32. The van der Waals surface area contributed by atoms with Crippen LogP contribution in [0.15, 0.2) is 48.5 Å². The van der Waals surface area contributed by atoms with Crippen LogP contribution in [0.4, 0.5) is 0 Å². The molecular weight excluding hydrogens is 394 g/mol. The number of carbonyl (C=O) groups is 1. The molecule has 0 aliphatic rings. The van der Waals surface area contributed by atoms with E-state index in [-0.39, 0.29) is 19.1 Å². The van der Waals surface area contributed by atoms with Crippen LogP contribution in [0.1, 0.15) is 16.7 Å². The van der Waals surface area contributed by atoms with Crippen LogP contribution in [-0.4, -0.2) is 43.0 Å².